The van der Waals surface area contributed by atoms with Gasteiger partial charge in [0.1, 0.15) is 5.82 Å². The van der Waals surface area contributed by atoms with Gasteiger partial charge in [-0.15, -0.1) is 0 Å². The third-order valence-electron chi connectivity index (χ3n) is 5.24. The summed E-state index contributed by atoms with van der Waals surface area (Å²) < 4.78 is 3.41. The van der Waals surface area contributed by atoms with Gasteiger partial charge in [0.25, 0.3) is 0 Å². The quantitative estimate of drug-likeness (QED) is 0.574. The number of aromatic amines is 1. The van der Waals surface area contributed by atoms with E-state index in [0.717, 1.165) is 36.6 Å². The van der Waals surface area contributed by atoms with Crippen molar-refractivity contribution in [1.82, 2.24) is 35.0 Å². The molecule has 1 unspecified atom stereocenters. The number of anilines is 1. The van der Waals surface area contributed by atoms with Crippen molar-refractivity contribution in [2.75, 3.05) is 18.0 Å². The zero-order valence-electron chi connectivity index (χ0n) is 15.7. The van der Waals surface area contributed by atoms with Gasteiger partial charge < -0.3 is 4.90 Å². The standard InChI is InChI=1S/C20H20N8O/c29-20-23-21-18(27(20)16-9-3-1-4-10-16)15-8-7-13-26(14-15)19-22-24-25-28(19)17-11-5-2-6-12-17/h1-6,9-12,15H,7-8,13-14H2,(H,23,29). The number of aromatic nitrogens is 7. The fraction of sp³-hybridized carbons (Fsp3) is 0.250. The number of rotatable bonds is 4. The van der Waals surface area contributed by atoms with Crippen LogP contribution in [0.2, 0.25) is 0 Å². The summed E-state index contributed by atoms with van der Waals surface area (Å²) in [7, 11) is 0. The minimum absolute atomic E-state index is 0.0869. The normalized spacial score (nSPS) is 16.8. The van der Waals surface area contributed by atoms with Gasteiger partial charge in [-0.25, -0.2) is 14.5 Å². The molecular weight excluding hydrogens is 368 g/mol. The third-order valence-corrected chi connectivity index (χ3v) is 5.24. The van der Waals surface area contributed by atoms with E-state index in [9.17, 15) is 4.79 Å². The maximum Gasteiger partial charge on any atom is 0.347 e. The van der Waals surface area contributed by atoms with Crippen molar-refractivity contribution >= 4 is 5.95 Å². The molecule has 1 N–H and O–H groups in total. The van der Waals surface area contributed by atoms with Crippen LogP contribution in [0.4, 0.5) is 5.95 Å². The van der Waals surface area contributed by atoms with Crippen LogP contribution in [0.25, 0.3) is 11.4 Å². The Morgan fingerprint density at radius 1 is 0.966 bits per heavy atom. The van der Waals surface area contributed by atoms with E-state index < -0.39 is 0 Å². The number of nitrogens with zero attached hydrogens (tertiary/aromatic N) is 7. The Balaban J connectivity index is 1.47. The SMILES string of the molecule is O=c1[nH]nc(C2CCCN(c3nnnn3-c3ccccc3)C2)n1-c1ccccc1. The van der Waals surface area contributed by atoms with Crippen molar-refractivity contribution in [3.05, 3.63) is 77.0 Å². The summed E-state index contributed by atoms with van der Waals surface area (Å²) in [4.78, 5) is 14.6. The van der Waals surface area contributed by atoms with Crippen LogP contribution in [0.15, 0.2) is 65.5 Å². The first kappa shape index (κ1) is 17.4. The van der Waals surface area contributed by atoms with E-state index in [1.54, 1.807) is 9.25 Å². The number of tetrazole rings is 1. The van der Waals surface area contributed by atoms with E-state index in [1.165, 1.54) is 0 Å². The molecule has 3 heterocycles. The number of para-hydroxylation sites is 2. The van der Waals surface area contributed by atoms with Crippen molar-refractivity contribution in [3.63, 3.8) is 0 Å². The van der Waals surface area contributed by atoms with Crippen molar-refractivity contribution in [2.24, 2.45) is 0 Å². The van der Waals surface area contributed by atoms with Gasteiger partial charge in [-0.3, -0.25) is 0 Å². The molecule has 1 aliphatic heterocycles. The molecule has 0 saturated carbocycles. The second-order valence-electron chi connectivity index (χ2n) is 7.07. The minimum atomic E-state index is -0.225. The predicted octanol–water partition coefficient (Wildman–Crippen LogP) is 1.92. The van der Waals surface area contributed by atoms with Crippen LogP contribution in [-0.4, -0.2) is 48.1 Å². The molecule has 146 valence electrons. The number of hydrogen-bond acceptors (Lipinski definition) is 6. The molecule has 1 saturated heterocycles. The van der Waals surface area contributed by atoms with Gasteiger partial charge in [-0.1, -0.05) is 41.5 Å². The van der Waals surface area contributed by atoms with Crippen LogP contribution in [0.3, 0.4) is 0 Å². The van der Waals surface area contributed by atoms with Crippen LogP contribution in [0, 0.1) is 0 Å². The molecule has 4 aromatic rings. The highest BCUT2D eigenvalue weighted by atomic mass is 16.1. The average molecular weight is 388 g/mol. The summed E-state index contributed by atoms with van der Waals surface area (Å²) in [6, 6.07) is 19.4. The van der Waals surface area contributed by atoms with Crippen LogP contribution in [0.1, 0.15) is 24.6 Å². The van der Waals surface area contributed by atoms with Gasteiger partial charge >= 0.3 is 5.69 Å². The van der Waals surface area contributed by atoms with Gasteiger partial charge in [0, 0.05) is 19.0 Å². The molecule has 9 heteroatoms. The fourth-order valence-corrected chi connectivity index (χ4v) is 3.90. The van der Waals surface area contributed by atoms with Crippen molar-refractivity contribution in [1.29, 1.82) is 0 Å². The summed E-state index contributed by atoms with van der Waals surface area (Å²) in [5.74, 6) is 1.53. The first-order valence-electron chi connectivity index (χ1n) is 9.63. The molecule has 0 bridgehead atoms. The Bertz CT molecular complexity index is 1150. The lowest BCUT2D eigenvalue weighted by Gasteiger charge is -2.32. The molecule has 29 heavy (non-hydrogen) atoms. The molecule has 1 atom stereocenters. The number of benzene rings is 2. The van der Waals surface area contributed by atoms with Crippen LogP contribution in [0.5, 0.6) is 0 Å². The third kappa shape index (κ3) is 3.20. The lowest BCUT2D eigenvalue weighted by molar-refractivity contribution is 0.477. The first-order chi connectivity index (χ1) is 14.3. The topological polar surface area (TPSA) is 97.5 Å². The number of piperidine rings is 1. The number of H-pyrrole nitrogens is 1. The van der Waals surface area contributed by atoms with E-state index in [4.69, 9.17) is 0 Å². The maximum absolute atomic E-state index is 12.4. The minimum Gasteiger partial charge on any atom is -0.339 e. The molecule has 9 nitrogen and oxygen atoms in total. The van der Waals surface area contributed by atoms with Crippen LogP contribution < -0.4 is 10.6 Å². The van der Waals surface area contributed by atoms with Crippen molar-refractivity contribution in [2.45, 2.75) is 18.8 Å². The fourth-order valence-electron chi connectivity index (χ4n) is 3.90. The molecule has 1 fully saturated rings. The average Bonchev–Trinajstić information content (AvgIpc) is 3.42. The molecular formula is C20H20N8O. The lowest BCUT2D eigenvalue weighted by Crippen LogP contribution is -2.37. The Morgan fingerprint density at radius 3 is 2.45 bits per heavy atom. The first-order valence-corrected chi connectivity index (χ1v) is 9.63. The van der Waals surface area contributed by atoms with E-state index >= 15 is 0 Å². The summed E-state index contributed by atoms with van der Waals surface area (Å²) >= 11 is 0. The smallest absolute Gasteiger partial charge is 0.339 e. The van der Waals surface area contributed by atoms with Gasteiger partial charge in [-0.2, -0.15) is 9.78 Å². The van der Waals surface area contributed by atoms with Gasteiger partial charge in [0.2, 0.25) is 5.95 Å². The molecule has 1 aliphatic rings. The zero-order valence-corrected chi connectivity index (χ0v) is 15.7. The second-order valence-corrected chi connectivity index (χ2v) is 7.07. The van der Waals surface area contributed by atoms with Crippen LogP contribution in [-0.2, 0) is 0 Å². The zero-order chi connectivity index (χ0) is 19.6. The molecule has 2 aromatic heterocycles. The monoisotopic (exact) mass is 388 g/mol. The molecule has 0 spiro atoms. The highest BCUT2D eigenvalue weighted by Gasteiger charge is 2.29. The van der Waals surface area contributed by atoms with E-state index in [-0.39, 0.29) is 11.6 Å². The lowest BCUT2D eigenvalue weighted by atomic mass is 9.97. The van der Waals surface area contributed by atoms with Crippen LogP contribution >= 0.6 is 0 Å². The highest BCUT2D eigenvalue weighted by molar-refractivity contribution is 5.41. The van der Waals surface area contributed by atoms with Crippen molar-refractivity contribution < 1.29 is 0 Å². The maximum atomic E-state index is 12.4. The molecule has 0 aliphatic carbocycles. The largest absolute Gasteiger partial charge is 0.347 e. The summed E-state index contributed by atoms with van der Waals surface area (Å²) in [6.07, 6.45) is 1.91. The van der Waals surface area contributed by atoms with Gasteiger partial charge in [0.15, 0.2) is 0 Å². The second kappa shape index (κ2) is 7.34. The summed E-state index contributed by atoms with van der Waals surface area (Å²) in [6.45, 7) is 1.54. The Labute approximate surface area is 166 Å². The highest BCUT2D eigenvalue weighted by Crippen LogP contribution is 2.29. The van der Waals surface area contributed by atoms with E-state index in [2.05, 4.69) is 30.6 Å². The van der Waals surface area contributed by atoms with Gasteiger partial charge in [0.05, 0.1) is 11.4 Å². The number of hydrogen-bond donors (Lipinski definition) is 1. The summed E-state index contributed by atoms with van der Waals surface area (Å²) in [5.41, 5.74) is 1.50. The number of nitrogens with one attached hydrogen (secondary N) is 1. The van der Waals surface area contributed by atoms with E-state index in [0.29, 0.717) is 12.5 Å². The Hall–Kier alpha value is -3.75. The summed E-state index contributed by atoms with van der Waals surface area (Å²) in [5, 5.41) is 19.3. The van der Waals surface area contributed by atoms with E-state index in [1.807, 2.05) is 60.7 Å². The Kier molecular flexibility index (Phi) is 4.39. The Morgan fingerprint density at radius 2 is 1.69 bits per heavy atom. The van der Waals surface area contributed by atoms with Gasteiger partial charge in [-0.05, 0) is 47.5 Å². The molecule has 2 aromatic carbocycles. The molecule has 5 rings (SSSR count). The van der Waals surface area contributed by atoms with Crippen molar-refractivity contribution in [3.8, 4) is 11.4 Å². The predicted molar refractivity (Wildman–Crippen MR) is 108 cm³/mol. The molecule has 0 radical (unpaired) electrons. The molecule has 0 amide bonds.